The van der Waals surface area contributed by atoms with Gasteiger partial charge in [-0.3, -0.25) is 9.69 Å². The predicted molar refractivity (Wildman–Crippen MR) is 120 cm³/mol. The molecule has 1 amide bonds. The summed E-state index contributed by atoms with van der Waals surface area (Å²) in [5.74, 6) is 1.53. The number of piperidine rings is 2. The second-order valence-corrected chi connectivity index (χ2v) is 9.58. The van der Waals surface area contributed by atoms with Crippen LogP contribution in [0.2, 0.25) is 0 Å². The molecule has 0 spiro atoms. The molecule has 0 N–H and O–H groups in total. The van der Waals surface area contributed by atoms with Crippen LogP contribution in [0.4, 0.5) is 5.95 Å². The van der Waals surface area contributed by atoms with Gasteiger partial charge in [0.1, 0.15) is 4.88 Å². The lowest BCUT2D eigenvalue weighted by Crippen LogP contribution is -2.50. The Kier molecular flexibility index (Phi) is 6.63. The molecule has 4 rings (SSSR count). The molecular weight excluding hydrogens is 396 g/mol. The number of likely N-dealkylation sites (tertiary alicyclic amines) is 2. The molecule has 0 aromatic carbocycles. The fourth-order valence-electron chi connectivity index (χ4n) is 4.75. The van der Waals surface area contributed by atoms with Crippen LogP contribution in [-0.4, -0.2) is 70.4 Å². The molecule has 7 nitrogen and oxygen atoms in total. The van der Waals surface area contributed by atoms with Gasteiger partial charge in [0.25, 0.3) is 5.91 Å². The van der Waals surface area contributed by atoms with E-state index in [2.05, 4.69) is 24.8 Å². The van der Waals surface area contributed by atoms with E-state index in [1.54, 1.807) is 5.51 Å². The number of aryl methyl sites for hydroxylation is 1. The number of anilines is 1. The molecule has 1 unspecified atom stereocenters. The zero-order valence-electron chi connectivity index (χ0n) is 18.3. The van der Waals surface area contributed by atoms with Crippen molar-refractivity contribution in [3.8, 4) is 0 Å². The van der Waals surface area contributed by atoms with Crippen molar-refractivity contribution in [1.29, 1.82) is 0 Å². The summed E-state index contributed by atoms with van der Waals surface area (Å²) in [6.07, 6.45) is 9.64. The Labute approximate surface area is 183 Å². The molecule has 1 atom stereocenters. The van der Waals surface area contributed by atoms with Gasteiger partial charge in [-0.15, -0.1) is 11.3 Å². The number of carbonyl (C=O) groups is 1. The molecule has 2 aliphatic heterocycles. The van der Waals surface area contributed by atoms with Gasteiger partial charge in [0, 0.05) is 51.2 Å². The summed E-state index contributed by atoms with van der Waals surface area (Å²) >= 11 is 1.48. The fourth-order valence-corrected chi connectivity index (χ4v) is 5.51. The molecule has 8 heteroatoms. The van der Waals surface area contributed by atoms with E-state index < -0.39 is 0 Å². The molecule has 2 aromatic heterocycles. The van der Waals surface area contributed by atoms with Crippen molar-refractivity contribution in [2.45, 2.75) is 51.6 Å². The van der Waals surface area contributed by atoms with Crippen molar-refractivity contribution in [3.05, 3.63) is 34.0 Å². The lowest BCUT2D eigenvalue weighted by Gasteiger charge is -2.43. The van der Waals surface area contributed by atoms with Crippen LogP contribution in [0.25, 0.3) is 0 Å². The molecule has 0 radical (unpaired) electrons. The van der Waals surface area contributed by atoms with Crippen molar-refractivity contribution in [1.82, 2.24) is 24.8 Å². The van der Waals surface area contributed by atoms with Gasteiger partial charge in [0.05, 0.1) is 11.2 Å². The van der Waals surface area contributed by atoms with Crippen LogP contribution in [-0.2, 0) is 6.54 Å². The molecule has 0 aliphatic carbocycles. The summed E-state index contributed by atoms with van der Waals surface area (Å²) in [5, 5.41) is 0. The number of rotatable bonds is 5. The third kappa shape index (κ3) is 4.64. The van der Waals surface area contributed by atoms with E-state index in [0.29, 0.717) is 12.0 Å². The molecule has 2 aromatic rings. The molecule has 162 valence electrons. The van der Waals surface area contributed by atoms with Gasteiger partial charge >= 0.3 is 0 Å². The van der Waals surface area contributed by atoms with E-state index in [0.717, 1.165) is 73.9 Å². The largest absolute Gasteiger partial charge is 0.347 e. The molecule has 0 saturated carbocycles. The van der Waals surface area contributed by atoms with E-state index in [4.69, 9.17) is 0 Å². The fraction of sp³-hybridized carbons (Fsp3) is 0.636. The lowest BCUT2D eigenvalue weighted by molar-refractivity contribution is 0.0400. The Morgan fingerprint density at radius 1 is 1.10 bits per heavy atom. The number of hydrogen-bond donors (Lipinski definition) is 0. The van der Waals surface area contributed by atoms with Crippen LogP contribution in [0.15, 0.2) is 17.9 Å². The zero-order chi connectivity index (χ0) is 21.1. The average molecular weight is 429 g/mol. The van der Waals surface area contributed by atoms with Gasteiger partial charge in [-0.1, -0.05) is 0 Å². The maximum Gasteiger partial charge on any atom is 0.266 e. The van der Waals surface area contributed by atoms with E-state index in [1.165, 1.54) is 17.8 Å². The van der Waals surface area contributed by atoms with Gasteiger partial charge < -0.3 is 9.80 Å². The first-order valence-electron chi connectivity index (χ1n) is 10.9. The van der Waals surface area contributed by atoms with Gasteiger partial charge in [-0.2, -0.15) is 0 Å². The Morgan fingerprint density at radius 3 is 2.47 bits per heavy atom. The first-order chi connectivity index (χ1) is 14.5. The third-order valence-electron chi connectivity index (χ3n) is 6.42. The van der Waals surface area contributed by atoms with Crippen LogP contribution in [0.1, 0.15) is 53.0 Å². The van der Waals surface area contributed by atoms with Gasteiger partial charge in [0.15, 0.2) is 0 Å². The summed E-state index contributed by atoms with van der Waals surface area (Å²) in [4.78, 5) is 33.7. The number of thiazole rings is 1. The van der Waals surface area contributed by atoms with Crippen LogP contribution in [0.5, 0.6) is 0 Å². The van der Waals surface area contributed by atoms with Gasteiger partial charge in [-0.05, 0) is 58.0 Å². The molecule has 0 bridgehead atoms. The highest BCUT2D eigenvalue weighted by molar-refractivity contribution is 7.11. The van der Waals surface area contributed by atoms with Crippen molar-refractivity contribution in [2.24, 2.45) is 5.92 Å². The maximum atomic E-state index is 13.2. The Morgan fingerprint density at radius 2 is 1.83 bits per heavy atom. The highest BCUT2D eigenvalue weighted by Crippen LogP contribution is 2.32. The molecule has 2 aliphatic rings. The van der Waals surface area contributed by atoms with Crippen molar-refractivity contribution in [2.75, 3.05) is 38.6 Å². The normalized spacial score (nSPS) is 21.0. The summed E-state index contributed by atoms with van der Waals surface area (Å²) < 4.78 is 0. The minimum atomic E-state index is 0.195. The van der Waals surface area contributed by atoms with E-state index >= 15 is 0 Å². The first-order valence-corrected chi connectivity index (χ1v) is 11.8. The van der Waals surface area contributed by atoms with Gasteiger partial charge in [0.2, 0.25) is 5.95 Å². The highest BCUT2D eigenvalue weighted by atomic mass is 32.1. The SMILES string of the molecule is Cc1ncsc1C(=O)N1CCCCC1C1CCN(Cc2cnc(N(C)C)nc2)CC1. The average Bonchev–Trinajstić information content (AvgIpc) is 3.20. The highest BCUT2D eigenvalue weighted by Gasteiger charge is 2.36. The predicted octanol–water partition coefficient (Wildman–Crippen LogP) is 3.21. The van der Waals surface area contributed by atoms with E-state index in [1.807, 2.05) is 38.3 Å². The maximum absolute atomic E-state index is 13.2. The Balaban J connectivity index is 1.35. The minimum absolute atomic E-state index is 0.195. The standard InChI is InChI=1S/C22H32N6OS/c1-16-20(30-15-25-16)21(29)28-9-5-4-6-19(28)18-7-10-27(11-8-18)14-17-12-23-22(24-13-17)26(2)3/h12-13,15,18-19H,4-11,14H2,1-3H3. The Bertz CT molecular complexity index is 844. The van der Waals surface area contributed by atoms with Crippen LogP contribution in [0, 0.1) is 12.8 Å². The number of hydrogen-bond acceptors (Lipinski definition) is 7. The van der Waals surface area contributed by atoms with Crippen LogP contribution >= 0.6 is 11.3 Å². The topological polar surface area (TPSA) is 65.5 Å². The zero-order valence-corrected chi connectivity index (χ0v) is 19.1. The number of carbonyl (C=O) groups excluding carboxylic acids is 1. The molecular formula is C22H32N6OS. The minimum Gasteiger partial charge on any atom is -0.347 e. The molecule has 4 heterocycles. The molecule has 2 fully saturated rings. The van der Waals surface area contributed by atoms with E-state index in [9.17, 15) is 4.79 Å². The monoisotopic (exact) mass is 428 g/mol. The van der Waals surface area contributed by atoms with Gasteiger partial charge in [-0.25, -0.2) is 15.0 Å². The Hall–Kier alpha value is -2.06. The second-order valence-electron chi connectivity index (χ2n) is 8.73. The summed E-state index contributed by atoms with van der Waals surface area (Å²) in [6.45, 7) is 5.86. The lowest BCUT2D eigenvalue weighted by atomic mass is 9.83. The summed E-state index contributed by atoms with van der Waals surface area (Å²) in [5.41, 5.74) is 3.82. The van der Waals surface area contributed by atoms with Crippen molar-refractivity contribution >= 4 is 23.2 Å². The van der Waals surface area contributed by atoms with Crippen LogP contribution < -0.4 is 4.90 Å². The van der Waals surface area contributed by atoms with E-state index in [-0.39, 0.29) is 5.91 Å². The van der Waals surface area contributed by atoms with Crippen molar-refractivity contribution < 1.29 is 4.79 Å². The number of nitrogens with zero attached hydrogens (tertiary/aromatic N) is 6. The molecule has 30 heavy (non-hydrogen) atoms. The second kappa shape index (κ2) is 9.39. The summed E-state index contributed by atoms with van der Waals surface area (Å²) in [7, 11) is 3.91. The smallest absolute Gasteiger partial charge is 0.266 e. The van der Waals surface area contributed by atoms with Crippen LogP contribution in [0.3, 0.4) is 0 Å². The molecule has 2 saturated heterocycles. The third-order valence-corrected chi connectivity index (χ3v) is 7.34. The quantitative estimate of drug-likeness (QED) is 0.729. The first kappa shape index (κ1) is 21.2. The van der Waals surface area contributed by atoms with Crippen molar-refractivity contribution in [3.63, 3.8) is 0 Å². The summed E-state index contributed by atoms with van der Waals surface area (Å²) in [6, 6.07) is 0.373. The number of amides is 1. The number of aromatic nitrogens is 3.